The Balaban J connectivity index is 1.79. The van der Waals surface area contributed by atoms with Gasteiger partial charge in [-0.15, -0.1) is 0 Å². The van der Waals surface area contributed by atoms with Crippen molar-refractivity contribution in [2.75, 3.05) is 23.3 Å². The number of para-hydroxylation sites is 1. The number of ether oxygens (including phenoxy) is 1. The predicted octanol–water partition coefficient (Wildman–Crippen LogP) is 2.44. The highest BCUT2D eigenvalue weighted by Crippen LogP contribution is 2.28. The molecule has 3 atom stereocenters. The van der Waals surface area contributed by atoms with Crippen molar-refractivity contribution in [1.82, 2.24) is 9.38 Å². The molecule has 10 heteroatoms. The van der Waals surface area contributed by atoms with E-state index in [9.17, 15) is 13.2 Å². The summed E-state index contributed by atoms with van der Waals surface area (Å²) in [5.41, 5.74) is 2.39. The molecule has 4 rings (SSSR count). The summed E-state index contributed by atoms with van der Waals surface area (Å²) in [6.07, 6.45) is 1.82. The van der Waals surface area contributed by atoms with Crippen LogP contribution < -0.4 is 20.9 Å². The second kappa shape index (κ2) is 8.77. The average Bonchev–Trinajstić information content (AvgIpc) is 2.72. The van der Waals surface area contributed by atoms with Gasteiger partial charge in [-0.2, -0.15) is 0 Å². The van der Waals surface area contributed by atoms with Crippen molar-refractivity contribution in [3.05, 3.63) is 64.1 Å². The number of sulfonamides is 1. The molecule has 1 aliphatic rings. The lowest BCUT2D eigenvalue weighted by Gasteiger charge is -2.36. The van der Waals surface area contributed by atoms with Gasteiger partial charge in [0.1, 0.15) is 16.4 Å². The summed E-state index contributed by atoms with van der Waals surface area (Å²) >= 11 is 0. The minimum absolute atomic E-state index is 0.0101. The third kappa shape index (κ3) is 4.87. The maximum absolute atomic E-state index is 13.0. The first-order chi connectivity index (χ1) is 15.5. The number of rotatable bonds is 5. The van der Waals surface area contributed by atoms with E-state index in [1.165, 1.54) is 10.5 Å². The molecule has 2 aromatic heterocycles. The first-order valence-electron chi connectivity index (χ1n) is 10.9. The van der Waals surface area contributed by atoms with E-state index in [1.807, 2.05) is 33.8 Å². The molecule has 9 nitrogen and oxygen atoms in total. The van der Waals surface area contributed by atoms with Gasteiger partial charge in [0, 0.05) is 30.9 Å². The van der Waals surface area contributed by atoms with E-state index in [1.54, 1.807) is 30.5 Å². The number of hydrogen-bond acceptors (Lipinski definition) is 7. The molecule has 1 fully saturated rings. The number of morpholine rings is 1. The molecule has 0 aliphatic carbocycles. The fourth-order valence-corrected chi connectivity index (χ4v) is 5.05. The van der Waals surface area contributed by atoms with Crippen molar-refractivity contribution in [2.24, 2.45) is 5.14 Å². The van der Waals surface area contributed by atoms with Crippen LogP contribution in [0.2, 0.25) is 0 Å². The minimum Gasteiger partial charge on any atom is -0.377 e. The summed E-state index contributed by atoms with van der Waals surface area (Å²) in [5.74, 6) is 0.601. The maximum Gasteiger partial charge on any atom is 0.259 e. The Labute approximate surface area is 193 Å². The summed E-state index contributed by atoms with van der Waals surface area (Å²) in [5, 5.41) is 8.63. The molecule has 0 radical (unpaired) electrons. The standard InChI is InChI=1S/C23H29N5O4S/c1-14-9-18(17(4)25-19-7-5-6-8-20(19)33(24,30)31)23-26-21(10-22(29)28(23)11-14)27-12-15(2)32-16(3)13-27/h5-11,15-17,25H,12-13H2,1-4H3,(H2,24,30,31)/t15-,16+,17-/m1/s1. The summed E-state index contributed by atoms with van der Waals surface area (Å²) in [6, 6.07) is 9.63. The molecule has 0 saturated carbocycles. The van der Waals surface area contributed by atoms with Crippen LogP contribution in [0.1, 0.15) is 37.9 Å². The summed E-state index contributed by atoms with van der Waals surface area (Å²) in [4.78, 5) is 20.0. The topological polar surface area (TPSA) is 119 Å². The van der Waals surface area contributed by atoms with Gasteiger partial charge in [-0.05, 0) is 51.5 Å². The number of nitrogens with zero attached hydrogens (tertiary/aromatic N) is 3. The van der Waals surface area contributed by atoms with Gasteiger partial charge in [-0.1, -0.05) is 12.1 Å². The van der Waals surface area contributed by atoms with Gasteiger partial charge in [0.25, 0.3) is 5.56 Å². The van der Waals surface area contributed by atoms with Gasteiger partial charge in [0.2, 0.25) is 10.0 Å². The fraction of sp³-hybridized carbons (Fsp3) is 0.391. The molecule has 0 amide bonds. The van der Waals surface area contributed by atoms with Crippen LogP contribution in [0, 0.1) is 6.92 Å². The van der Waals surface area contributed by atoms with Gasteiger partial charge in [0.15, 0.2) is 0 Å². The van der Waals surface area contributed by atoms with Gasteiger partial charge in [-0.25, -0.2) is 18.5 Å². The van der Waals surface area contributed by atoms with Crippen LogP contribution >= 0.6 is 0 Å². The number of benzene rings is 1. The van der Waals surface area contributed by atoms with E-state index < -0.39 is 10.0 Å². The Bertz CT molecular complexity index is 1340. The SMILES string of the molecule is Cc1cc([C@@H](C)Nc2ccccc2S(N)(=O)=O)c2nc(N3C[C@@H](C)O[C@@H](C)C3)cc(=O)n2c1. The molecule has 1 saturated heterocycles. The van der Waals surface area contributed by atoms with E-state index in [4.69, 9.17) is 14.9 Å². The molecule has 0 unspecified atom stereocenters. The highest BCUT2D eigenvalue weighted by molar-refractivity contribution is 7.89. The van der Waals surface area contributed by atoms with Crippen LogP contribution in [0.3, 0.4) is 0 Å². The Kier molecular flexibility index (Phi) is 6.17. The second-order valence-electron chi connectivity index (χ2n) is 8.69. The molecule has 3 N–H and O–H groups in total. The van der Waals surface area contributed by atoms with Crippen molar-refractivity contribution >= 4 is 27.2 Å². The highest BCUT2D eigenvalue weighted by Gasteiger charge is 2.25. The van der Waals surface area contributed by atoms with E-state index in [0.717, 1.165) is 11.1 Å². The number of nitrogens with one attached hydrogen (secondary N) is 1. The molecule has 0 spiro atoms. The van der Waals surface area contributed by atoms with Crippen molar-refractivity contribution in [3.8, 4) is 0 Å². The van der Waals surface area contributed by atoms with Crippen molar-refractivity contribution in [3.63, 3.8) is 0 Å². The lowest BCUT2D eigenvalue weighted by atomic mass is 10.1. The molecule has 3 aromatic rings. The fourth-order valence-electron chi connectivity index (χ4n) is 4.35. The third-order valence-corrected chi connectivity index (χ3v) is 6.66. The number of hydrogen-bond donors (Lipinski definition) is 2. The van der Waals surface area contributed by atoms with Gasteiger partial charge in [-0.3, -0.25) is 9.20 Å². The summed E-state index contributed by atoms with van der Waals surface area (Å²) < 4.78 is 31.4. The van der Waals surface area contributed by atoms with E-state index in [0.29, 0.717) is 30.2 Å². The van der Waals surface area contributed by atoms with Crippen LogP contribution in [-0.2, 0) is 14.8 Å². The van der Waals surface area contributed by atoms with Gasteiger partial charge < -0.3 is 15.0 Å². The number of aryl methyl sites for hydroxylation is 1. The zero-order chi connectivity index (χ0) is 23.9. The van der Waals surface area contributed by atoms with Crippen LogP contribution in [0.15, 0.2) is 52.3 Å². The number of anilines is 2. The quantitative estimate of drug-likeness (QED) is 0.587. The van der Waals surface area contributed by atoms with E-state index >= 15 is 0 Å². The van der Waals surface area contributed by atoms with Crippen molar-refractivity contribution in [1.29, 1.82) is 0 Å². The molecular formula is C23H29N5O4S. The largest absolute Gasteiger partial charge is 0.377 e. The molecule has 33 heavy (non-hydrogen) atoms. The van der Waals surface area contributed by atoms with Crippen molar-refractivity contribution < 1.29 is 13.2 Å². The Hall–Kier alpha value is -2.95. The number of pyridine rings is 1. The third-order valence-electron chi connectivity index (χ3n) is 5.69. The molecular weight excluding hydrogens is 442 g/mol. The van der Waals surface area contributed by atoms with E-state index in [2.05, 4.69) is 10.2 Å². The van der Waals surface area contributed by atoms with Crippen LogP contribution in [-0.4, -0.2) is 43.1 Å². The molecule has 3 heterocycles. The molecule has 1 aliphatic heterocycles. The first-order valence-corrected chi connectivity index (χ1v) is 12.4. The number of nitrogens with two attached hydrogens (primary N) is 1. The van der Waals surface area contributed by atoms with Crippen LogP contribution in [0.4, 0.5) is 11.5 Å². The number of primary sulfonamides is 1. The number of fused-ring (bicyclic) bond motifs is 1. The van der Waals surface area contributed by atoms with Crippen molar-refractivity contribution in [2.45, 2.75) is 50.8 Å². The Morgan fingerprint density at radius 2 is 1.85 bits per heavy atom. The second-order valence-corrected chi connectivity index (χ2v) is 10.2. The van der Waals surface area contributed by atoms with Gasteiger partial charge >= 0.3 is 0 Å². The normalized spacial score (nSPS) is 20.1. The number of aromatic nitrogens is 2. The lowest BCUT2D eigenvalue weighted by Crippen LogP contribution is -2.46. The first kappa shape index (κ1) is 23.2. The molecule has 176 valence electrons. The summed E-state index contributed by atoms with van der Waals surface area (Å²) in [7, 11) is -3.90. The zero-order valence-corrected chi connectivity index (χ0v) is 20.0. The Morgan fingerprint density at radius 1 is 1.18 bits per heavy atom. The molecule has 1 aromatic carbocycles. The Morgan fingerprint density at radius 3 is 2.52 bits per heavy atom. The minimum atomic E-state index is -3.90. The zero-order valence-electron chi connectivity index (χ0n) is 19.1. The summed E-state index contributed by atoms with van der Waals surface area (Å²) in [6.45, 7) is 9.08. The van der Waals surface area contributed by atoms with Gasteiger partial charge in [0.05, 0.1) is 23.9 Å². The van der Waals surface area contributed by atoms with Crippen LogP contribution in [0.25, 0.3) is 5.65 Å². The lowest BCUT2D eigenvalue weighted by molar-refractivity contribution is -0.00546. The maximum atomic E-state index is 13.0. The van der Waals surface area contributed by atoms with E-state index in [-0.39, 0.29) is 28.7 Å². The average molecular weight is 472 g/mol. The monoisotopic (exact) mass is 471 g/mol. The highest BCUT2D eigenvalue weighted by atomic mass is 32.2. The van der Waals surface area contributed by atoms with Crippen LogP contribution in [0.5, 0.6) is 0 Å². The smallest absolute Gasteiger partial charge is 0.259 e. The molecule has 0 bridgehead atoms. The predicted molar refractivity (Wildman–Crippen MR) is 128 cm³/mol.